The molecule has 0 aromatic heterocycles. The van der Waals surface area contributed by atoms with E-state index in [0.717, 1.165) is 0 Å². The molecule has 7 nitrogen and oxygen atoms in total. The lowest BCUT2D eigenvalue weighted by molar-refractivity contribution is -0.133. The number of hydrogen-bond acceptors (Lipinski definition) is 4. The number of nitrogens with one attached hydrogen (secondary N) is 1. The molecule has 2 aromatic rings. The fourth-order valence-electron chi connectivity index (χ4n) is 2.68. The van der Waals surface area contributed by atoms with Crippen LogP contribution < -0.4 is 10.1 Å². The number of aromatic carboxylic acids is 1. The molecule has 0 aliphatic heterocycles. The molecular formula is C21H24N2O5. The van der Waals surface area contributed by atoms with Crippen LogP contribution in [-0.4, -0.2) is 47.5 Å². The summed E-state index contributed by atoms with van der Waals surface area (Å²) in [6.07, 6.45) is 0.0483. The van der Waals surface area contributed by atoms with E-state index in [-0.39, 0.29) is 30.4 Å². The zero-order valence-electron chi connectivity index (χ0n) is 16.0. The molecule has 0 spiro atoms. The number of amides is 2. The molecule has 7 heteroatoms. The van der Waals surface area contributed by atoms with Crippen LogP contribution in [0.5, 0.6) is 5.75 Å². The van der Waals surface area contributed by atoms with Gasteiger partial charge < -0.3 is 20.1 Å². The maximum atomic E-state index is 12.2. The molecule has 148 valence electrons. The van der Waals surface area contributed by atoms with Gasteiger partial charge >= 0.3 is 5.97 Å². The van der Waals surface area contributed by atoms with Crippen molar-refractivity contribution in [2.75, 3.05) is 25.0 Å². The number of carbonyl (C=O) groups excluding carboxylic acids is 2. The van der Waals surface area contributed by atoms with Crippen molar-refractivity contribution >= 4 is 23.5 Å². The third-order valence-electron chi connectivity index (χ3n) is 4.13. The minimum absolute atomic E-state index is 0.0483. The van der Waals surface area contributed by atoms with Crippen LogP contribution in [0.3, 0.4) is 0 Å². The number of ether oxygens (including phenoxy) is 1. The zero-order valence-corrected chi connectivity index (χ0v) is 16.0. The van der Waals surface area contributed by atoms with Crippen LogP contribution in [0.25, 0.3) is 0 Å². The van der Waals surface area contributed by atoms with Gasteiger partial charge in [0.2, 0.25) is 5.91 Å². The van der Waals surface area contributed by atoms with Crippen LogP contribution in [0.15, 0.2) is 48.5 Å². The van der Waals surface area contributed by atoms with Gasteiger partial charge in [0.1, 0.15) is 5.75 Å². The number of hydrogen-bond donors (Lipinski definition) is 2. The highest BCUT2D eigenvalue weighted by Crippen LogP contribution is 2.18. The first-order chi connectivity index (χ1) is 13.4. The molecule has 0 fully saturated rings. The van der Waals surface area contributed by atoms with Crippen LogP contribution in [0.1, 0.15) is 29.8 Å². The van der Waals surface area contributed by atoms with Crippen molar-refractivity contribution in [1.29, 1.82) is 0 Å². The summed E-state index contributed by atoms with van der Waals surface area (Å²) in [5.41, 5.74) is 1.28. The predicted octanol–water partition coefficient (Wildman–Crippen LogP) is 2.81. The van der Waals surface area contributed by atoms with Crippen molar-refractivity contribution < 1.29 is 24.2 Å². The molecule has 2 N–H and O–H groups in total. The summed E-state index contributed by atoms with van der Waals surface area (Å²) in [5.74, 6) is -0.936. The van der Waals surface area contributed by atoms with Crippen molar-refractivity contribution in [3.8, 4) is 5.75 Å². The minimum Gasteiger partial charge on any atom is -0.484 e. The van der Waals surface area contributed by atoms with E-state index in [4.69, 9.17) is 9.84 Å². The van der Waals surface area contributed by atoms with E-state index in [1.807, 2.05) is 13.8 Å². The molecule has 0 atom stereocenters. The second-order valence-corrected chi connectivity index (χ2v) is 6.11. The first kappa shape index (κ1) is 21.0. The lowest BCUT2D eigenvalue weighted by Gasteiger charge is -2.18. The van der Waals surface area contributed by atoms with E-state index in [9.17, 15) is 14.4 Å². The van der Waals surface area contributed by atoms with Crippen molar-refractivity contribution in [1.82, 2.24) is 4.90 Å². The van der Waals surface area contributed by atoms with Crippen molar-refractivity contribution in [2.24, 2.45) is 0 Å². The topological polar surface area (TPSA) is 95.9 Å². The van der Waals surface area contributed by atoms with Gasteiger partial charge in [-0.15, -0.1) is 0 Å². The minimum atomic E-state index is -1.04. The quantitative estimate of drug-likeness (QED) is 0.693. The first-order valence-corrected chi connectivity index (χ1v) is 9.05. The standard InChI is InChI=1S/C21H24N2O5/c1-3-23(4-2)20(25)14-28-18-10-6-9-17(13-18)22-19(24)12-15-7-5-8-16(11-15)21(26)27/h5-11,13H,3-4,12,14H2,1-2H3,(H,22,24)(H,26,27). The molecule has 2 aromatic carbocycles. The smallest absolute Gasteiger partial charge is 0.335 e. The number of likely N-dealkylation sites (N-methyl/N-ethyl adjacent to an activating group) is 1. The summed E-state index contributed by atoms with van der Waals surface area (Å²) in [5, 5.41) is 11.8. The molecule has 0 unspecified atom stereocenters. The maximum Gasteiger partial charge on any atom is 0.335 e. The molecule has 0 saturated heterocycles. The number of carboxylic acid groups (broad SMARTS) is 1. The van der Waals surface area contributed by atoms with Crippen LogP contribution in [0.4, 0.5) is 5.69 Å². The van der Waals surface area contributed by atoms with Gasteiger partial charge in [-0.1, -0.05) is 18.2 Å². The highest BCUT2D eigenvalue weighted by molar-refractivity contribution is 5.93. The number of anilines is 1. The Labute approximate surface area is 163 Å². The van der Waals surface area contributed by atoms with Crippen LogP contribution >= 0.6 is 0 Å². The average molecular weight is 384 g/mol. The molecule has 2 amide bonds. The number of rotatable bonds is 9. The fourth-order valence-corrected chi connectivity index (χ4v) is 2.68. The van der Waals surface area contributed by atoms with E-state index < -0.39 is 5.97 Å². The fraction of sp³-hybridized carbons (Fsp3) is 0.286. The summed E-state index contributed by atoms with van der Waals surface area (Å²) in [6.45, 7) is 4.99. The predicted molar refractivity (Wildman–Crippen MR) is 106 cm³/mol. The van der Waals surface area contributed by atoms with Gasteiger partial charge in [0.25, 0.3) is 5.91 Å². The van der Waals surface area contributed by atoms with E-state index in [2.05, 4.69) is 5.32 Å². The number of benzene rings is 2. The Kier molecular flexibility index (Phi) is 7.56. The van der Waals surface area contributed by atoms with Gasteiger partial charge in [0.05, 0.1) is 12.0 Å². The van der Waals surface area contributed by atoms with Gasteiger partial charge in [0, 0.05) is 24.8 Å². The van der Waals surface area contributed by atoms with E-state index in [1.54, 1.807) is 41.3 Å². The molecule has 2 rings (SSSR count). The Bertz CT molecular complexity index is 846. The van der Waals surface area contributed by atoms with Gasteiger partial charge in [-0.2, -0.15) is 0 Å². The number of nitrogens with zero attached hydrogens (tertiary/aromatic N) is 1. The summed E-state index contributed by atoms with van der Waals surface area (Å²) >= 11 is 0. The maximum absolute atomic E-state index is 12.2. The molecule has 0 aliphatic rings. The molecule has 0 heterocycles. The van der Waals surface area contributed by atoms with Crippen LogP contribution in [-0.2, 0) is 16.0 Å². The van der Waals surface area contributed by atoms with E-state index in [0.29, 0.717) is 30.1 Å². The highest BCUT2D eigenvalue weighted by Gasteiger charge is 2.11. The first-order valence-electron chi connectivity index (χ1n) is 9.05. The van der Waals surface area contributed by atoms with Gasteiger partial charge in [0.15, 0.2) is 6.61 Å². The summed E-state index contributed by atoms with van der Waals surface area (Å²) in [4.78, 5) is 37.0. The second kappa shape index (κ2) is 10.1. The van der Waals surface area contributed by atoms with Gasteiger partial charge in [-0.25, -0.2) is 4.79 Å². The highest BCUT2D eigenvalue weighted by atomic mass is 16.5. The van der Waals surface area contributed by atoms with E-state index in [1.165, 1.54) is 12.1 Å². The Balaban J connectivity index is 1.94. The largest absolute Gasteiger partial charge is 0.484 e. The number of carboxylic acids is 1. The monoisotopic (exact) mass is 384 g/mol. The molecule has 0 saturated carbocycles. The second-order valence-electron chi connectivity index (χ2n) is 6.11. The SMILES string of the molecule is CCN(CC)C(=O)COc1cccc(NC(=O)Cc2cccc(C(=O)O)c2)c1. The van der Waals surface area contributed by atoms with Gasteiger partial charge in [-0.3, -0.25) is 9.59 Å². The third kappa shape index (κ3) is 6.12. The molecule has 0 bridgehead atoms. The number of carbonyl (C=O) groups is 3. The van der Waals surface area contributed by atoms with E-state index >= 15 is 0 Å². The van der Waals surface area contributed by atoms with Crippen molar-refractivity contribution in [2.45, 2.75) is 20.3 Å². The molecule has 0 aliphatic carbocycles. The summed E-state index contributed by atoms with van der Waals surface area (Å²) in [6, 6.07) is 13.0. The molecule has 28 heavy (non-hydrogen) atoms. The summed E-state index contributed by atoms with van der Waals surface area (Å²) < 4.78 is 5.53. The normalized spacial score (nSPS) is 10.2. The van der Waals surface area contributed by atoms with Crippen molar-refractivity contribution in [3.63, 3.8) is 0 Å². The lowest BCUT2D eigenvalue weighted by atomic mass is 10.1. The van der Waals surface area contributed by atoms with Crippen LogP contribution in [0.2, 0.25) is 0 Å². The van der Waals surface area contributed by atoms with Crippen LogP contribution in [0, 0.1) is 0 Å². The van der Waals surface area contributed by atoms with Crippen molar-refractivity contribution in [3.05, 3.63) is 59.7 Å². The Morgan fingerprint density at radius 2 is 1.75 bits per heavy atom. The molecule has 0 radical (unpaired) electrons. The Morgan fingerprint density at radius 1 is 1.04 bits per heavy atom. The third-order valence-corrected chi connectivity index (χ3v) is 4.13. The Morgan fingerprint density at radius 3 is 2.43 bits per heavy atom. The Hall–Kier alpha value is -3.35. The average Bonchev–Trinajstić information content (AvgIpc) is 2.67. The zero-order chi connectivity index (χ0) is 20.5. The summed E-state index contributed by atoms with van der Waals surface area (Å²) in [7, 11) is 0. The molecular weight excluding hydrogens is 360 g/mol. The lowest BCUT2D eigenvalue weighted by Crippen LogP contribution is -2.34. The van der Waals surface area contributed by atoms with Gasteiger partial charge in [-0.05, 0) is 43.7 Å².